The number of fused-ring (bicyclic) bond motifs is 6. The van der Waals surface area contributed by atoms with Crippen molar-refractivity contribution < 1.29 is 0 Å². The van der Waals surface area contributed by atoms with Gasteiger partial charge in [0.1, 0.15) is 0 Å². The monoisotopic (exact) mass is 1050 g/mol. The van der Waals surface area contributed by atoms with Crippen LogP contribution in [0.5, 0.6) is 0 Å². The van der Waals surface area contributed by atoms with Crippen molar-refractivity contribution >= 4 is 72.4 Å². The van der Waals surface area contributed by atoms with Crippen molar-refractivity contribution in [2.24, 2.45) is 0 Å². The van der Waals surface area contributed by atoms with Crippen LogP contribution in [0.4, 0.5) is 0 Å². The molecule has 0 radical (unpaired) electrons. The van der Waals surface area contributed by atoms with E-state index in [1.54, 1.807) is 0 Å². The summed E-state index contributed by atoms with van der Waals surface area (Å²) in [7, 11) is -3.22. The summed E-state index contributed by atoms with van der Waals surface area (Å²) < 4.78 is 4.59. The molecule has 0 atom stereocenters. The molecule has 0 aliphatic heterocycles. The van der Waals surface area contributed by atoms with E-state index >= 15 is 0 Å². The topological polar surface area (TPSA) is 48.5 Å². The second kappa shape index (κ2) is 20.0. The van der Waals surface area contributed by atoms with Gasteiger partial charge in [0.2, 0.25) is 5.95 Å². The van der Waals surface area contributed by atoms with Crippen LogP contribution < -0.4 is 20.7 Å². The molecular weight excluding hydrogens is 999 g/mol. The normalized spacial score (nSPS) is 11.7. The van der Waals surface area contributed by atoms with E-state index in [9.17, 15) is 0 Å². The highest BCUT2D eigenvalue weighted by molar-refractivity contribution is 7.20. The van der Waals surface area contributed by atoms with Crippen LogP contribution >= 0.6 is 0 Å². The fourth-order valence-electron chi connectivity index (χ4n) is 12.5. The molecule has 6 heteroatoms. The Labute approximate surface area is 471 Å². The first-order chi connectivity index (χ1) is 40.2. The average Bonchev–Trinajstić information content (AvgIpc) is 4.24. The number of hydrogen-bond donors (Lipinski definition) is 0. The molecule has 0 saturated heterocycles. The van der Waals surface area contributed by atoms with Gasteiger partial charge in [-0.15, -0.1) is 0 Å². The Hall–Kier alpha value is -10.5. The second-order valence-corrected chi connectivity index (χ2v) is 24.5. The maximum absolute atomic E-state index is 5.64. The van der Waals surface area contributed by atoms with E-state index in [0.29, 0.717) is 17.6 Å². The van der Waals surface area contributed by atoms with Gasteiger partial charge >= 0.3 is 0 Å². The van der Waals surface area contributed by atoms with Crippen molar-refractivity contribution in [3.63, 3.8) is 0 Å². The largest absolute Gasteiger partial charge is 0.309 e. The predicted molar refractivity (Wildman–Crippen MR) is 339 cm³/mol. The van der Waals surface area contributed by atoms with Crippen molar-refractivity contribution in [1.29, 1.82) is 0 Å². The molecule has 15 rings (SSSR count). The molecule has 0 N–H and O–H groups in total. The van der Waals surface area contributed by atoms with Gasteiger partial charge in [0, 0.05) is 32.7 Å². The molecule has 0 amide bonds. The standard InChI is InChI=1S/C75H51N5Si/c1-5-24-52(25-6-1)55-30-21-35-60(48-55)81(59-33-11-4-12-34-59,61-36-22-31-56(49-61)53-26-7-2-8-27-53)62-37-23-32-58(50-62)73-76-74(66-41-16-20-45-71(66)79-68-42-17-13-38-63(68)64-39-14-18-43-69(64)79)78-75(77-73)80-70-44-19-15-40-65(70)67-51-57(46-47-72(67)80)54-28-9-3-10-29-54/h1-51H. The van der Waals surface area contributed by atoms with Crippen LogP contribution in [0.25, 0.3) is 111 Å². The van der Waals surface area contributed by atoms with E-state index < -0.39 is 8.07 Å². The highest BCUT2D eigenvalue weighted by atomic mass is 28.3. The molecule has 0 aliphatic carbocycles. The quantitative estimate of drug-likeness (QED) is 0.0958. The number of rotatable bonds is 11. The SMILES string of the molecule is c1ccc(-c2cccc([Si](c3ccccc3)(c3cccc(-c4ccccc4)c3)c3cccc(-c4nc(-c5ccccc5-n5c6ccccc6c6ccccc65)nc(-n5c6ccccc6c6cc(-c7ccccc7)ccc65)n4)c3)c2)cc1. The first kappa shape index (κ1) is 47.7. The summed E-state index contributed by atoms with van der Waals surface area (Å²) in [6, 6.07) is 112. The predicted octanol–water partition coefficient (Wildman–Crippen LogP) is 15.8. The van der Waals surface area contributed by atoms with Gasteiger partial charge in [0.25, 0.3) is 0 Å². The summed E-state index contributed by atoms with van der Waals surface area (Å²) in [5.74, 6) is 1.68. The lowest BCUT2D eigenvalue weighted by Gasteiger charge is -2.35. The Bertz CT molecular complexity index is 4680. The molecule has 81 heavy (non-hydrogen) atoms. The third-order valence-electron chi connectivity index (χ3n) is 16.1. The lowest BCUT2D eigenvalue weighted by atomic mass is 10.0. The zero-order chi connectivity index (χ0) is 53.7. The summed E-state index contributed by atoms with van der Waals surface area (Å²) >= 11 is 0. The maximum Gasteiger partial charge on any atom is 0.238 e. The lowest BCUT2D eigenvalue weighted by Crippen LogP contribution is -2.74. The molecule has 0 saturated carbocycles. The summed E-state index contributed by atoms with van der Waals surface area (Å²) in [5.41, 5.74) is 14.0. The van der Waals surface area contributed by atoms with Crippen LogP contribution in [0.1, 0.15) is 0 Å². The average molecular weight is 1050 g/mol. The van der Waals surface area contributed by atoms with Crippen LogP contribution in [0.3, 0.4) is 0 Å². The van der Waals surface area contributed by atoms with Gasteiger partial charge in [-0.3, -0.25) is 4.57 Å². The van der Waals surface area contributed by atoms with Gasteiger partial charge in [-0.25, -0.2) is 4.98 Å². The first-order valence-corrected chi connectivity index (χ1v) is 29.6. The minimum Gasteiger partial charge on any atom is -0.309 e. The zero-order valence-corrected chi connectivity index (χ0v) is 45.2. The summed E-state index contributed by atoms with van der Waals surface area (Å²) in [6.07, 6.45) is 0. The Balaban J connectivity index is 1.01. The maximum atomic E-state index is 5.64. The van der Waals surface area contributed by atoms with Crippen LogP contribution in [0.15, 0.2) is 309 Å². The third-order valence-corrected chi connectivity index (χ3v) is 20.9. The highest BCUT2D eigenvalue weighted by Gasteiger charge is 2.42. The first-order valence-electron chi connectivity index (χ1n) is 27.6. The van der Waals surface area contributed by atoms with Gasteiger partial charge in [0.05, 0.1) is 27.8 Å². The lowest BCUT2D eigenvalue weighted by molar-refractivity contribution is 0.952. The van der Waals surface area contributed by atoms with Gasteiger partial charge < -0.3 is 4.57 Å². The highest BCUT2D eigenvalue weighted by Crippen LogP contribution is 2.38. The van der Waals surface area contributed by atoms with E-state index in [4.69, 9.17) is 15.0 Å². The fraction of sp³-hybridized carbons (Fsp3) is 0. The van der Waals surface area contributed by atoms with Crippen molar-refractivity contribution in [2.45, 2.75) is 0 Å². The molecule has 0 aliphatic rings. The fourth-order valence-corrected chi connectivity index (χ4v) is 17.3. The zero-order valence-electron chi connectivity index (χ0n) is 44.2. The van der Waals surface area contributed by atoms with E-state index in [1.807, 2.05) is 0 Å². The number of hydrogen-bond acceptors (Lipinski definition) is 3. The molecule has 3 aromatic heterocycles. The Morgan fingerprint density at radius 1 is 0.235 bits per heavy atom. The molecule has 0 fully saturated rings. The Kier molecular flexibility index (Phi) is 11.8. The molecule has 15 aromatic rings. The van der Waals surface area contributed by atoms with Crippen LogP contribution in [0, 0.1) is 0 Å². The summed E-state index contributed by atoms with van der Waals surface area (Å²) in [5, 5.41) is 9.64. The number of nitrogens with zero attached hydrogens (tertiary/aromatic N) is 5. The van der Waals surface area contributed by atoms with Crippen molar-refractivity contribution in [3.05, 3.63) is 309 Å². The summed E-state index contributed by atoms with van der Waals surface area (Å²) in [4.78, 5) is 16.9. The van der Waals surface area contributed by atoms with Crippen molar-refractivity contribution in [2.75, 3.05) is 0 Å². The van der Waals surface area contributed by atoms with Crippen molar-refractivity contribution in [1.82, 2.24) is 24.1 Å². The third kappa shape index (κ3) is 8.19. The van der Waals surface area contributed by atoms with E-state index in [2.05, 4.69) is 319 Å². The molecule has 12 aromatic carbocycles. The van der Waals surface area contributed by atoms with E-state index in [0.717, 1.165) is 60.8 Å². The molecule has 0 bridgehead atoms. The van der Waals surface area contributed by atoms with E-state index in [-0.39, 0.29) is 0 Å². The van der Waals surface area contributed by atoms with Gasteiger partial charge in [-0.1, -0.05) is 267 Å². The van der Waals surface area contributed by atoms with Crippen molar-refractivity contribution in [3.8, 4) is 67.8 Å². The van der Waals surface area contributed by atoms with Crippen LogP contribution in [-0.4, -0.2) is 32.2 Å². The molecule has 0 unspecified atom stereocenters. The summed E-state index contributed by atoms with van der Waals surface area (Å²) in [6.45, 7) is 0. The molecule has 380 valence electrons. The van der Waals surface area contributed by atoms with Gasteiger partial charge in [-0.2, -0.15) is 9.97 Å². The number of aromatic nitrogens is 5. The Morgan fingerprint density at radius 2 is 0.617 bits per heavy atom. The molecular formula is C75H51N5Si. The minimum absolute atomic E-state index is 0.536. The second-order valence-electron chi connectivity index (χ2n) is 20.7. The molecule has 3 heterocycles. The molecule has 5 nitrogen and oxygen atoms in total. The number of para-hydroxylation sites is 4. The van der Waals surface area contributed by atoms with E-state index in [1.165, 1.54) is 53.8 Å². The van der Waals surface area contributed by atoms with Crippen LogP contribution in [-0.2, 0) is 0 Å². The van der Waals surface area contributed by atoms with Crippen LogP contribution in [0.2, 0.25) is 0 Å². The van der Waals surface area contributed by atoms with Gasteiger partial charge in [-0.05, 0) is 96.6 Å². The Morgan fingerprint density at radius 3 is 1.17 bits per heavy atom. The van der Waals surface area contributed by atoms with Gasteiger partial charge in [0.15, 0.2) is 19.7 Å². The molecule has 0 spiro atoms. The minimum atomic E-state index is -3.22. The smallest absolute Gasteiger partial charge is 0.238 e. The number of benzene rings is 12.